The van der Waals surface area contributed by atoms with Crippen LogP contribution in [0.25, 0.3) is 0 Å². The minimum absolute atomic E-state index is 0.219. The summed E-state index contributed by atoms with van der Waals surface area (Å²) in [7, 11) is 0. The number of hydrogen-bond donors (Lipinski definition) is 0. The summed E-state index contributed by atoms with van der Waals surface area (Å²) < 4.78 is 6.15. The molecule has 1 heterocycles. The standard InChI is InChI=1S/C14H13BrN2O2/c15-11-4-2-1-3-10(11)7-13-16-14(19-17-13)8-12(18)9-5-6-9/h1-4,9H,5-8H2. The average molecular weight is 321 g/mol. The second-order valence-corrected chi connectivity index (χ2v) is 5.64. The van der Waals surface area contributed by atoms with E-state index in [0.29, 0.717) is 18.1 Å². The highest BCUT2D eigenvalue weighted by atomic mass is 79.9. The highest BCUT2D eigenvalue weighted by Gasteiger charge is 2.30. The Labute approximate surface area is 119 Å². The number of halogens is 1. The van der Waals surface area contributed by atoms with Gasteiger partial charge in [-0.05, 0) is 24.5 Å². The minimum atomic E-state index is 0.219. The third kappa shape index (κ3) is 3.10. The number of carbonyl (C=O) groups excluding carboxylic acids is 1. The number of hydrogen-bond acceptors (Lipinski definition) is 4. The first-order chi connectivity index (χ1) is 9.22. The van der Waals surface area contributed by atoms with Crippen molar-refractivity contribution >= 4 is 21.7 Å². The molecule has 0 unspecified atom stereocenters. The first-order valence-electron chi connectivity index (χ1n) is 6.30. The van der Waals surface area contributed by atoms with E-state index >= 15 is 0 Å². The average Bonchev–Trinajstić information content (AvgIpc) is 3.16. The van der Waals surface area contributed by atoms with Crippen LogP contribution in [0.15, 0.2) is 33.3 Å². The number of carbonyl (C=O) groups is 1. The molecule has 0 saturated heterocycles. The van der Waals surface area contributed by atoms with Crippen LogP contribution in [0.4, 0.5) is 0 Å². The molecule has 4 nitrogen and oxygen atoms in total. The third-order valence-corrected chi connectivity index (χ3v) is 3.95. The van der Waals surface area contributed by atoms with Crippen LogP contribution in [0.2, 0.25) is 0 Å². The molecule has 1 aromatic heterocycles. The Kier molecular flexibility index (Phi) is 3.46. The predicted octanol–water partition coefficient (Wildman–Crippen LogP) is 2.94. The van der Waals surface area contributed by atoms with E-state index in [-0.39, 0.29) is 18.1 Å². The van der Waals surface area contributed by atoms with Crippen LogP contribution < -0.4 is 0 Å². The molecule has 0 N–H and O–H groups in total. The Morgan fingerprint density at radius 3 is 2.89 bits per heavy atom. The van der Waals surface area contributed by atoms with Gasteiger partial charge < -0.3 is 4.52 Å². The molecule has 0 amide bonds. The Balaban J connectivity index is 1.67. The summed E-state index contributed by atoms with van der Waals surface area (Å²) in [5.74, 6) is 1.50. The van der Waals surface area contributed by atoms with Crippen LogP contribution in [-0.4, -0.2) is 15.9 Å². The van der Waals surface area contributed by atoms with E-state index < -0.39 is 0 Å². The fraction of sp³-hybridized carbons (Fsp3) is 0.357. The lowest BCUT2D eigenvalue weighted by Gasteiger charge is -1.99. The van der Waals surface area contributed by atoms with E-state index in [9.17, 15) is 4.79 Å². The van der Waals surface area contributed by atoms with Crippen molar-refractivity contribution in [3.05, 3.63) is 46.0 Å². The predicted molar refractivity (Wildman–Crippen MR) is 72.7 cm³/mol. The second kappa shape index (κ2) is 5.25. The smallest absolute Gasteiger partial charge is 0.234 e. The molecule has 98 valence electrons. The van der Waals surface area contributed by atoms with Crippen molar-refractivity contribution in [2.45, 2.75) is 25.7 Å². The van der Waals surface area contributed by atoms with Gasteiger partial charge in [0.15, 0.2) is 5.82 Å². The van der Waals surface area contributed by atoms with Crippen LogP contribution in [0, 0.1) is 5.92 Å². The molecule has 1 fully saturated rings. The molecule has 0 spiro atoms. The summed E-state index contributed by atoms with van der Waals surface area (Å²) in [5, 5.41) is 3.93. The van der Waals surface area contributed by atoms with Gasteiger partial charge in [0.2, 0.25) is 5.89 Å². The Hall–Kier alpha value is -1.49. The van der Waals surface area contributed by atoms with Crippen molar-refractivity contribution in [2.75, 3.05) is 0 Å². The number of rotatable bonds is 5. The number of ketones is 1. The summed E-state index contributed by atoms with van der Waals surface area (Å²) in [5.41, 5.74) is 1.10. The Morgan fingerprint density at radius 1 is 1.37 bits per heavy atom. The Morgan fingerprint density at radius 2 is 2.16 bits per heavy atom. The zero-order valence-electron chi connectivity index (χ0n) is 10.3. The summed E-state index contributed by atoms with van der Waals surface area (Å²) in [6.45, 7) is 0. The normalized spacial score (nSPS) is 14.6. The molecular formula is C14H13BrN2O2. The van der Waals surface area contributed by atoms with E-state index in [1.165, 1.54) is 0 Å². The van der Waals surface area contributed by atoms with Crippen LogP contribution in [-0.2, 0) is 17.6 Å². The number of nitrogens with zero attached hydrogens (tertiary/aromatic N) is 2. The largest absolute Gasteiger partial charge is 0.339 e. The SMILES string of the molecule is O=C(Cc1nc(Cc2ccccc2Br)no1)C1CC1. The lowest BCUT2D eigenvalue weighted by atomic mass is 10.1. The number of Topliss-reactive ketones (excluding diaryl/α,β-unsaturated/α-hetero) is 1. The maximum absolute atomic E-state index is 11.7. The first kappa shape index (κ1) is 12.5. The van der Waals surface area contributed by atoms with Crippen LogP contribution in [0.5, 0.6) is 0 Å². The van der Waals surface area contributed by atoms with E-state index in [1.807, 2.05) is 24.3 Å². The van der Waals surface area contributed by atoms with E-state index in [2.05, 4.69) is 26.1 Å². The van der Waals surface area contributed by atoms with Crippen molar-refractivity contribution in [1.82, 2.24) is 10.1 Å². The van der Waals surface area contributed by atoms with Gasteiger partial charge in [-0.2, -0.15) is 4.98 Å². The Bertz CT molecular complexity index is 605. The molecule has 1 aromatic carbocycles. The zero-order valence-corrected chi connectivity index (χ0v) is 11.9. The number of benzene rings is 1. The van der Waals surface area contributed by atoms with Gasteiger partial charge in [-0.1, -0.05) is 39.3 Å². The van der Waals surface area contributed by atoms with E-state index in [4.69, 9.17) is 4.52 Å². The molecule has 1 saturated carbocycles. The fourth-order valence-electron chi connectivity index (χ4n) is 1.94. The van der Waals surface area contributed by atoms with Gasteiger partial charge in [-0.3, -0.25) is 4.79 Å². The molecule has 19 heavy (non-hydrogen) atoms. The van der Waals surface area contributed by atoms with Gasteiger partial charge in [-0.15, -0.1) is 0 Å². The zero-order chi connectivity index (χ0) is 13.2. The van der Waals surface area contributed by atoms with E-state index in [0.717, 1.165) is 22.9 Å². The molecule has 2 aromatic rings. The molecule has 5 heteroatoms. The van der Waals surface area contributed by atoms with Gasteiger partial charge in [0.05, 0.1) is 6.42 Å². The van der Waals surface area contributed by atoms with Crippen molar-refractivity contribution in [2.24, 2.45) is 5.92 Å². The molecule has 0 aliphatic heterocycles. The van der Waals surface area contributed by atoms with Crippen molar-refractivity contribution < 1.29 is 9.32 Å². The molecule has 1 aliphatic rings. The summed E-state index contributed by atoms with van der Waals surface area (Å²) in [6, 6.07) is 7.92. The summed E-state index contributed by atoms with van der Waals surface area (Å²) in [6.07, 6.45) is 2.89. The maximum Gasteiger partial charge on any atom is 0.234 e. The monoisotopic (exact) mass is 320 g/mol. The first-order valence-corrected chi connectivity index (χ1v) is 7.09. The van der Waals surface area contributed by atoms with Gasteiger partial charge in [0, 0.05) is 16.8 Å². The molecule has 0 bridgehead atoms. The highest BCUT2D eigenvalue weighted by Crippen LogP contribution is 2.30. The molecule has 1 aliphatic carbocycles. The summed E-state index contributed by atoms with van der Waals surface area (Å²) >= 11 is 3.49. The lowest BCUT2D eigenvalue weighted by Crippen LogP contribution is -2.05. The topological polar surface area (TPSA) is 56.0 Å². The minimum Gasteiger partial charge on any atom is -0.339 e. The molecular weight excluding hydrogens is 308 g/mol. The lowest BCUT2D eigenvalue weighted by molar-refractivity contribution is -0.119. The van der Waals surface area contributed by atoms with Gasteiger partial charge in [0.1, 0.15) is 5.78 Å². The fourth-order valence-corrected chi connectivity index (χ4v) is 2.37. The second-order valence-electron chi connectivity index (χ2n) is 4.79. The molecule has 0 radical (unpaired) electrons. The van der Waals surface area contributed by atoms with Crippen molar-refractivity contribution in [1.29, 1.82) is 0 Å². The van der Waals surface area contributed by atoms with Crippen LogP contribution in [0.1, 0.15) is 30.1 Å². The van der Waals surface area contributed by atoms with Gasteiger partial charge >= 0.3 is 0 Å². The van der Waals surface area contributed by atoms with Gasteiger partial charge in [0.25, 0.3) is 0 Å². The maximum atomic E-state index is 11.7. The third-order valence-electron chi connectivity index (χ3n) is 3.17. The van der Waals surface area contributed by atoms with Crippen LogP contribution >= 0.6 is 15.9 Å². The quantitative estimate of drug-likeness (QED) is 0.850. The summed E-state index contributed by atoms with van der Waals surface area (Å²) in [4.78, 5) is 15.9. The van der Waals surface area contributed by atoms with Crippen LogP contribution in [0.3, 0.4) is 0 Å². The van der Waals surface area contributed by atoms with Gasteiger partial charge in [-0.25, -0.2) is 0 Å². The molecule has 3 rings (SSSR count). The highest BCUT2D eigenvalue weighted by molar-refractivity contribution is 9.10. The number of aromatic nitrogens is 2. The van der Waals surface area contributed by atoms with Crippen molar-refractivity contribution in [3.8, 4) is 0 Å². The van der Waals surface area contributed by atoms with E-state index in [1.54, 1.807) is 0 Å². The molecule has 0 atom stereocenters. The van der Waals surface area contributed by atoms with Crippen molar-refractivity contribution in [3.63, 3.8) is 0 Å².